The van der Waals surface area contributed by atoms with Crippen molar-refractivity contribution < 1.29 is 0 Å². The lowest BCUT2D eigenvalue weighted by molar-refractivity contribution is 0.367. The first kappa shape index (κ1) is 19.2. The number of likely N-dealkylation sites (N-methyl/N-ethyl adjacent to an activating group) is 1. The van der Waals surface area contributed by atoms with Crippen molar-refractivity contribution in [2.75, 3.05) is 7.05 Å². The van der Waals surface area contributed by atoms with Crippen LogP contribution in [-0.2, 0) is 0 Å². The van der Waals surface area contributed by atoms with Crippen molar-refractivity contribution in [2.45, 2.75) is 25.9 Å². The molecule has 4 rings (SSSR count). The smallest absolute Gasteiger partial charge is 0.169 e. The number of hydrogen-bond donors (Lipinski definition) is 1. The molecule has 1 aromatic carbocycles. The van der Waals surface area contributed by atoms with Crippen LogP contribution in [0.2, 0.25) is 10.0 Å². The van der Waals surface area contributed by atoms with E-state index in [9.17, 15) is 0 Å². The van der Waals surface area contributed by atoms with Gasteiger partial charge in [-0.15, -0.1) is 0 Å². The fourth-order valence-corrected chi connectivity index (χ4v) is 4.59. The third-order valence-corrected chi connectivity index (χ3v) is 6.51. The number of rotatable bonds is 3. The van der Waals surface area contributed by atoms with Gasteiger partial charge in [0, 0.05) is 24.6 Å². The Balaban J connectivity index is 1.85. The zero-order chi connectivity index (χ0) is 20.0. The van der Waals surface area contributed by atoms with Crippen LogP contribution in [-0.4, -0.2) is 26.6 Å². The van der Waals surface area contributed by atoms with Gasteiger partial charge in [-0.3, -0.25) is 4.98 Å². The van der Waals surface area contributed by atoms with E-state index in [0.717, 1.165) is 22.8 Å². The highest BCUT2D eigenvalue weighted by Crippen LogP contribution is 2.41. The highest BCUT2D eigenvalue weighted by molar-refractivity contribution is 7.80. The van der Waals surface area contributed by atoms with Crippen molar-refractivity contribution in [3.05, 3.63) is 81.4 Å². The summed E-state index contributed by atoms with van der Waals surface area (Å²) in [6.45, 7) is 4.18. The number of aromatic nitrogens is 2. The van der Waals surface area contributed by atoms with Crippen molar-refractivity contribution in [2.24, 2.45) is 0 Å². The summed E-state index contributed by atoms with van der Waals surface area (Å²) in [5.41, 5.74) is 5.21. The minimum absolute atomic E-state index is 0.0255. The predicted octanol–water partition coefficient (Wildman–Crippen LogP) is 5.40. The van der Waals surface area contributed by atoms with Gasteiger partial charge in [-0.25, -0.2) is 0 Å². The number of aryl methyl sites for hydroxylation is 1. The summed E-state index contributed by atoms with van der Waals surface area (Å²) in [6.07, 6.45) is 1.81. The van der Waals surface area contributed by atoms with E-state index in [1.54, 1.807) is 6.07 Å². The predicted molar refractivity (Wildman–Crippen MR) is 118 cm³/mol. The van der Waals surface area contributed by atoms with Gasteiger partial charge in [0.15, 0.2) is 5.11 Å². The average Bonchev–Trinajstić information content (AvgIpc) is 3.14. The lowest BCUT2D eigenvalue weighted by atomic mass is 9.97. The third-order valence-electron chi connectivity index (χ3n) is 5.30. The van der Waals surface area contributed by atoms with Gasteiger partial charge in [-0.05, 0) is 62.0 Å². The molecule has 0 amide bonds. The molecule has 3 aromatic rings. The lowest BCUT2D eigenvalue weighted by Gasteiger charge is -2.24. The molecule has 2 aromatic heterocycles. The maximum Gasteiger partial charge on any atom is 0.169 e. The highest BCUT2D eigenvalue weighted by Gasteiger charge is 2.39. The summed E-state index contributed by atoms with van der Waals surface area (Å²) in [5.74, 6) is 0. The summed E-state index contributed by atoms with van der Waals surface area (Å²) >= 11 is 18.3. The molecule has 1 N–H and O–H groups in total. The zero-order valence-electron chi connectivity index (χ0n) is 15.8. The van der Waals surface area contributed by atoms with E-state index in [0.29, 0.717) is 15.2 Å². The quantitative estimate of drug-likeness (QED) is 0.563. The van der Waals surface area contributed by atoms with Crippen molar-refractivity contribution in [3.8, 4) is 5.69 Å². The average molecular weight is 431 g/mol. The van der Waals surface area contributed by atoms with Gasteiger partial charge in [0.25, 0.3) is 0 Å². The highest BCUT2D eigenvalue weighted by atomic mass is 35.5. The van der Waals surface area contributed by atoms with Crippen LogP contribution in [0.5, 0.6) is 0 Å². The Labute approximate surface area is 180 Å². The molecule has 0 radical (unpaired) electrons. The Bertz CT molecular complexity index is 1050. The molecule has 3 heterocycles. The van der Waals surface area contributed by atoms with E-state index in [-0.39, 0.29) is 12.1 Å². The van der Waals surface area contributed by atoms with Gasteiger partial charge in [0.2, 0.25) is 0 Å². The second-order valence-corrected chi connectivity index (χ2v) is 8.14. The number of pyridine rings is 1. The maximum atomic E-state index is 6.51. The van der Waals surface area contributed by atoms with Crippen LogP contribution < -0.4 is 5.32 Å². The molecule has 28 heavy (non-hydrogen) atoms. The van der Waals surface area contributed by atoms with Crippen LogP contribution in [0.3, 0.4) is 0 Å². The van der Waals surface area contributed by atoms with E-state index in [2.05, 4.69) is 39.7 Å². The van der Waals surface area contributed by atoms with E-state index >= 15 is 0 Å². The molecule has 144 valence electrons. The molecule has 4 nitrogen and oxygen atoms in total. The Hall–Kier alpha value is -2.08. The standard InChI is InChI=1S/C21H20Cl2N4S/c1-12-11-14(13(2)27(12)17-9-6-7-15(22)18(17)23)20-19(25-21(28)26(20)3)16-8-4-5-10-24-16/h4-11,19-20H,1-3H3,(H,25,28). The fraction of sp³-hybridized carbons (Fsp3) is 0.238. The van der Waals surface area contributed by atoms with Crippen LogP contribution >= 0.6 is 35.4 Å². The first-order chi connectivity index (χ1) is 13.4. The summed E-state index contributed by atoms with van der Waals surface area (Å²) in [5, 5.41) is 5.23. The van der Waals surface area contributed by atoms with Crippen LogP contribution in [0.25, 0.3) is 5.69 Å². The third kappa shape index (κ3) is 3.08. The van der Waals surface area contributed by atoms with Gasteiger partial charge in [0.05, 0.1) is 33.5 Å². The number of nitrogens with one attached hydrogen (secondary N) is 1. The summed E-state index contributed by atoms with van der Waals surface area (Å²) in [7, 11) is 2.02. The van der Waals surface area contributed by atoms with Gasteiger partial charge >= 0.3 is 0 Å². The Morgan fingerprint density at radius 2 is 1.89 bits per heavy atom. The molecular weight excluding hydrogens is 411 g/mol. The second kappa shape index (κ2) is 7.39. The summed E-state index contributed by atoms with van der Waals surface area (Å²) < 4.78 is 2.15. The minimum Gasteiger partial charge on any atom is -0.352 e. The molecule has 1 fully saturated rings. The molecule has 1 aliphatic rings. The van der Waals surface area contributed by atoms with E-state index in [1.165, 1.54) is 5.56 Å². The van der Waals surface area contributed by atoms with Crippen LogP contribution in [0.15, 0.2) is 48.7 Å². The molecule has 0 spiro atoms. The number of nitrogens with zero attached hydrogens (tertiary/aromatic N) is 3. The first-order valence-electron chi connectivity index (χ1n) is 8.97. The monoisotopic (exact) mass is 430 g/mol. The zero-order valence-corrected chi connectivity index (χ0v) is 18.1. The van der Waals surface area contributed by atoms with E-state index in [1.807, 2.05) is 43.6 Å². The molecule has 1 aliphatic heterocycles. The summed E-state index contributed by atoms with van der Waals surface area (Å²) in [6, 6.07) is 13.8. The van der Waals surface area contributed by atoms with Crippen LogP contribution in [0.1, 0.15) is 34.7 Å². The number of hydrogen-bond acceptors (Lipinski definition) is 2. The number of benzene rings is 1. The Morgan fingerprint density at radius 3 is 2.61 bits per heavy atom. The van der Waals surface area contributed by atoms with Gasteiger partial charge in [-0.2, -0.15) is 0 Å². The van der Waals surface area contributed by atoms with Crippen LogP contribution in [0, 0.1) is 13.8 Å². The molecular formula is C21H20Cl2N4S. The SMILES string of the molecule is Cc1cc(C2C(c3ccccn3)NC(=S)N2C)c(C)n1-c1cccc(Cl)c1Cl. The van der Waals surface area contributed by atoms with Gasteiger partial charge < -0.3 is 14.8 Å². The fourth-order valence-electron chi connectivity index (χ4n) is 3.97. The van der Waals surface area contributed by atoms with Crippen molar-refractivity contribution in [1.29, 1.82) is 0 Å². The topological polar surface area (TPSA) is 33.1 Å². The van der Waals surface area contributed by atoms with Crippen LogP contribution in [0.4, 0.5) is 0 Å². The molecule has 0 aliphatic carbocycles. The molecule has 7 heteroatoms. The number of halogens is 2. The molecule has 0 saturated carbocycles. The maximum absolute atomic E-state index is 6.51. The number of thiocarbonyl (C=S) groups is 1. The van der Waals surface area contributed by atoms with Crippen molar-refractivity contribution >= 4 is 40.5 Å². The van der Waals surface area contributed by atoms with E-state index < -0.39 is 0 Å². The Kier molecular flexibility index (Phi) is 5.08. The summed E-state index contributed by atoms with van der Waals surface area (Å²) in [4.78, 5) is 6.65. The van der Waals surface area contributed by atoms with Gasteiger partial charge in [0.1, 0.15) is 0 Å². The minimum atomic E-state index is -0.0255. The normalized spacial score (nSPS) is 19.2. The molecule has 2 atom stereocenters. The van der Waals surface area contributed by atoms with Crippen molar-refractivity contribution in [1.82, 2.24) is 19.8 Å². The first-order valence-corrected chi connectivity index (χ1v) is 10.1. The lowest BCUT2D eigenvalue weighted by Crippen LogP contribution is -2.25. The molecule has 2 unspecified atom stereocenters. The van der Waals surface area contributed by atoms with Crippen molar-refractivity contribution in [3.63, 3.8) is 0 Å². The molecule has 0 bridgehead atoms. The van der Waals surface area contributed by atoms with Gasteiger partial charge in [-0.1, -0.05) is 35.3 Å². The van der Waals surface area contributed by atoms with E-state index in [4.69, 9.17) is 35.4 Å². The second-order valence-electron chi connectivity index (χ2n) is 6.97. The molecule has 1 saturated heterocycles. The largest absolute Gasteiger partial charge is 0.352 e. The Morgan fingerprint density at radius 1 is 1.11 bits per heavy atom.